The topological polar surface area (TPSA) is 64.6 Å². The van der Waals surface area contributed by atoms with Crippen molar-refractivity contribution >= 4 is 11.9 Å². The SMILES string of the molecule is CCC(=O)Oc1ccc(Oc2ccccc2)c(C(=O)NCC(CC(C)C)c2ccccc2)c1. The summed E-state index contributed by atoms with van der Waals surface area (Å²) in [5.41, 5.74) is 1.51. The number of ether oxygens (including phenoxy) is 2. The third kappa shape index (κ3) is 7.21. The molecule has 0 heterocycles. The second-order valence-electron chi connectivity index (χ2n) is 8.35. The minimum absolute atomic E-state index is 0.190. The summed E-state index contributed by atoms with van der Waals surface area (Å²) in [6.07, 6.45) is 1.20. The summed E-state index contributed by atoms with van der Waals surface area (Å²) in [6, 6.07) is 24.3. The highest BCUT2D eigenvalue weighted by atomic mass is 16.5. The molecule has 172 valence electrons. The van der Waals surface area contributed by atoms with E-state index in [4.69, 9.17) is 9.47 Å². The lowest BCUT2D eigenvalue weighted by Crippen LogP contribution is -2.29. The zero-order valence-corrected chi connectivity index (χ0v) is 19.4. The van der Waals surface area contributed by atoms with Crippen molar-refractivity contribution in [2.75, 3.05) is 6.54 Å². The Hall–Kier alpha value is -3.60. The summed E-state index contributed by atoms with van der Waals surface area (Å²) in [5, 5.41) is 3.06. The fourth-order valence-corrected chi connectivity index (χ4v) is 3.60. The van der Waals surface area contributed by atoms with Crippen LogP contribution in [-0.4, -0.2) is 18.4 Å². The number of amides is 1. The molecule has 0 bridgehead atoms. The first-order valence-electron chi connectivity index (χ1n) is 11.4. The van der Waals surface area contributed by atoms with Crippen LogP contribution in [0.5, 0.6) is 17.2 Å². The van der Waals surface area contributed by atoms with Gasteiger partial charge < -0.3 is 14.8 Å². The van der Waals surface area contributed by atoms with Crippen LogP contribution in [0, 0.1) is 5.92 Å². The number of benzene rings is 3. The maximum Gasteiger partial charge on any atom is 0.310 e. The fourth-order valence-electron chi connectivity index (χ4n) is 3.60. The normalized spacial score (nSPS) is 11.6. The van der Waals surface area contributed by atoms with Crippen LogP contribution < -0.4 is 14.8 Å². The zero-order chi connectivity index (χ0) is 23.6. The van der Waals surface area contributed by atoms with E-state index in [1.165, 1.54) is 5.56 Å². The molecule has 0 fully saturated rings. The van der Waals surface area contributed by atoms with Gasteiger partial charge in [0.15, 0.2) is 0 Å². The first-order valence-corrected chi connectivity index (χ1v) is 11.4. The molecule has 1 amide bonds. The third-order valence-electron chi connectivity index (χ3n) is 5.22. The van der Waals surface area contributed by atoms with E-state index in [2.05, 4.69) is 31.3 Å². The largest absolute Gasteiger partial charge is 0.457 e. The van der Waals surface area contributed by atoms with Crippen LogP contribution in [0.15, 0.2) is 78.9 Å². The minimum Gasteiger partial charge on any atom is -0.457 e. The number of para-hydroxylation sites is 1. The molecule has 1 unspecified atom stereocenters. The Bertz CT molecular complexity index is 1050. The van der Waals surface area contributed by atoms with E-state index in [0.717, 1.165) is 6.42 Å². The molecule has 0 radical (unpaired) electrons. The number of hydrogen-bond donors (Lipinski definition) is 1. The number of esters is 1. The lowest BCUT2D eigenvalue weighted by atomic mass is 9.90. The molecule has 3 aromatic carbocycles. The van der Waals surface area contributed by atoms with Gasteiger partial charge in [-0.2, -0.15) is 0 Å². The van der Waals surface area contributed by atoms with Gasteiger partial charge in [0.25, 0.3) is 5.91 Å². The average Bonchev–Trinajstić information content (AvgIpc) is 2.83. The van der Waals surface area contributed by atoms with E-state index in [-0.39, 0.29) is 24.2 Å². The molecule has 3 rings (SSSR count). The molecule has 0 aromatic heterocycles. The van der Waals surface area contributed by atoms with E-state index >= 15 is 0 Å². The van der Waals surface area contributed by atoms with Crippen molar-refractivity contribution in [3.8, 4) is 17.2 Å². The van der Waals surface area contributed by atoms with Crippen molar-refractivity contribution in [1.29, 1.82) is 0 Å². The molecule has 5 heteroatoms. The maximum absolute atomic E-state index is 13.3. The summed E-state index contributed by atoms with van der Waals surface area (Å²) in [4.78, 5) is 25.0. The maximum atomic E-state index is 13.3. The Morgan fingerprint density at radius 1 is 0.879 bits per heavy atom. The molecular formula is C28H31NO4. The van der Waals surface area contributed by atoms with Gasteiger partial charge in [-0.05, 0) is 48.2 Å². The van der Waals surface area contributed by atoms with Gasteiger partial charge in [-0.1, -0.05) is 69.3 Å². The van der Waals surface area contributed by atoms with Gasteiger partial charge in [-0.15, -0.1) is 0 Å². The molecule has 0 aliphatic carbocycles. The van der Waals surface area contributed by atoms with Crippen molar-refractivity contribution in [2.24, 2.45) is 5.92 Å². The molecule has 1 N–H and O–H groups in total. The van der Waals surface area contributed by atoms with Gasteiger partial charge in [0.2, 0.25) is 0 Å². The van der Waals surface area contributed by atoms with E-state index in [1.54, 1.807) is 25.1 Å². The van der Waals surface area contributed by atoms with E-state index in [1.807, 2.05) is 48.5 Å². The van der Waals surface area contributed by atoms with Crippen molar-refractivity contribution in [3.05, 3.63) is 90.0 Å². The summed E-state index contributed by atoms with van der Waals surface area (Å²) in [7, 11) is 0. The molecule has 0 aliphatic rings. The van der Waals surface area contributed by atoms with Crippen LogP contribution >= 0.6 is 0 Å². The van der Waals surface area contributed by atoms with Crippen molar-refractivity contribution in [3.63, 3.8) is 0 Å². The highest BCUT2D eigenvalue weighted by molar-refractivity contribution is 5.97. The Labute approximate surface area is 195 Å². The van der Waals surface area contributed by atoms with Gasteiger partial charge in [0.05, 0.1) is 5.56 Å². The number of carbonyl (C=O) groups excluding carboxylic acids is 2. The first-order chi connectivity index (χ1) is 16.0. The standard InChI is InChI=1S/C28H31NO4/c1-4-27(30)33-24-15-16-26(32-23-13-9-6-10-14-23)25(18-24)28(31)29-19-22(17-20(2)3)21-11-7-5-8-12-21/h5-16,18,20,22H,4,17,19H2,1-3H3,(H,29,31). The fraction of sp³-hybridized carbons (Fsp3) is 0.286. The minimum atomic E-state index is -0.362. The van der Waals surface area contributed by atoms with Gasteiger partial charge >= 0.3 is 5.97 Å². The molecule has 33 heavy (non-hydrogen) atoms. The Morgan fingerprint density at radius 3 is 2.18 bits per heavy atom. The monoisotopic (exact) mass is 445 g/mol. The van der Waals surface area contributed by atoms with Crippen molar-refractivity contribution in [1.82, 2.24) is 5.32 Å². The van der Waals surface area contributed by atoms with E-state index in [0.29, 0.717) is 35.3 Å². The van der Waals surface area contributed by atoms with Gasteiger partial charge in [-0.3, -0.25) is 9.59 Å². The highest BCUT2D eigenvalue weighted by Crippen LogP contribution is 2.30. The molecular weight excluding hydrogens is 414 g/mol. The number of carbonyl (C=O) groups is 2. The average molecular weight is 446 g/mol. The lowest BCUT2D eigenvalue weighted by Gasteiger charge is -2.21. The van der Waals surface area contributed by atoms with Crippen LogP contribution in [-0.2, 0) is 4.79 Å². The zero-order valence-electron chi connectivity index (χ0n) is 19.4. The first kappa shape index (κ1) is 24.1. The second-order valence-corrected chi connectivity index (χ2v) is 8.35. The molecule has 0 spiro atoms. The van der Waals surface area contributed by atoms with Crippen LogP contribution in [0.25, 0.3) is 0 Å². The molecule has 0 saturated heterocycles. The quantitative estimate of drug-likeness (QED) is 0.292. The summed E-state index contributed by atoms with van der Waals surface area (Å²) in [5.74, 6) is 1.37. The van der Waals surface area contributed by atoms with Crippen LogP contribution in [0.4, 0.5) is 0 Å². The van der Waals surface area contributed by atoms with Gasteiger partial charge in [0, 0.05) is 18.9 Å². The van der Waals surface area contributed by atoms with E-state index in [9.17, 15) is 9.59 Å². The van der Waals surface area contributed by atoms with Gasteiger partial charge in [-0.25, -0.2) is 0 Å². The van der Waals surface area contributed by atoms with Crippen LogP contribution in [0.2, 0.25) is 0 Å². The molecule has 1 atom stereocenters. The predicted octanol–water partition coefficient (Wildman–Crippen LogP) is 6.35. The molecule has 5 nitrogen and oxygen atoms in total. The summed E-state index contributed by atoms with van der Waals surface area (Å²) in [6.45, 7) is 6.57. The van der Waals surface area contributed by atoms with Crippen LogP contribution in [0.1, 0.15) is 55.5 Å². The van der Waals surface area contributed by atoms with Gasteiger partial charge in [0.1, 0.15) is 17.2 Å². The van der Waals surface area contributed by atoms with Crippen LogP contribution in [0.3, 0.4) is 0 Å². The number of nitrogens with one attached hydrogen (secondary N) is 1. The van der Waals surface area contributed by atoms with Crippen molar-refractivity contribution in [2.45, 2.75) is 39.5 Å². The van der Waals surface area contributed by atoms with Crippen molar-refractivity contribution < 1.29 is 19.1 Å². The summed E-state index contributed by atoms with van der Waals surface area (Å²) >= 11 is 0. The predicted molar refractivity (Wildman–Crippen MR) is 130 cm³/mol. The Balaban J connectivity index is 1.83. The smallest absolute Gasteiger partial charge is 0.310 e. The number of rotatable bonds is 10. The highest BCUT2D eigenvalue weighted by Gasteiger charge is 2.19. The second kappa shape index (κ2) is 11.9. The summed E-state index contributed by atoms with van der Waals surface area (Å²) < 4.78 is 11.3. The Kier molecular flexibility index (Phi) is 8.64. The number of hydrogen-bond acceptors (Lipinski definition) is 4. The van der Waals surface area contributed by atoms with E-state index < -0.39 is 0 Å². The molecule has 3 aromatic rings. The molecule has 0 aliphatic heterocycles. The Morgan fingerprint density at radius 2 is 1.55 bits per heavy atom. The molecule has 0 saturated carbocycles. The third-order valence-corrected chi connectivity index (χ3v) is 5.22. The lowest BCUT2D eigenvalue weighted by molar-refractivity contribution is -0.134.